The summed E-state index contributed by atoms with van der Waals surface area (Å²) in [5, 5.41) is 6.19. The summed E-state index contributed by atoms with van der Waals surface area (Å²) in [7, 11) is 0. The first-order valence-corrected chi connectivity index (χ1v) is 23.1. The Kier molecular flexibility index (Phi) is 14.2. The smallest absolute Gasteiger partial charge is 0.221 e. The fourth-order valence-corrected chi connectivity index (χ4v) is 8.90. The molecule has 2 N–H and O–H groups in total. The fraction of sp³-hybridized carbons (Fsp3) is 0.167. The van der Waals surface area contributed by atoms with Gasteiger partial charge >= 0.3 is 0 Å². The maximum Gasteiger partial charge on any atom is 0.221 e. The molecule has 1 aliphatic carbocycles. The van der Waals surface area contributed by atoms with Gasteiger partial charge in [-0.3, -0.25) is 9.59 Å². The van der Waals surface area contributed by atoms with Crippen LogP contribution in [0.1, 0.15) is 80.6 Å². The highest BCUT2D eigenvalue weighted by atomic mass is 16.5. The number of nitrogens with one attached hydrogen (secondary N) is 2. The zero-order valence-electron chi connectivity index (χ0n) is 38.4. The third kappa shape index (κ3) is 11.5. The van der Waals surface area contributed by atoms with Crippen molar-refractivity contribution in [1.29, 1.82) is 0 Å². The standard InChI is InChI=1S/C60H54N2O6/c1-41(63)61-55-33-51-29-47-25-15-27-49(57(47)65-37-43-17-7-3-8-18-43)31-53-35-56(62-42(2)64)36-54(60(53)68-40-46-23-13-6-14-24-46)32-50-28-16-26-48(58(50)66-38-44-19-9-4-10-20-44)30-52(34-55)59(51)67-39-45-21-11-5-12-22-45/h3-28,33-36H,29-32,37-40H2,1-2H3,(H,61,63)(H,62,64). The van der Waals surface area contributed by atoms with Gasteiger partial charge in [0.05, 0.1) is 0 Å². The second kappa shape index (κ2) is 21.5. The van der Waals surface area contributed by atoms with Gasteiger partial charge in [-0.2, -0.15) is 0 Å². The van der Waals surface area contributed by atoms with Crippen molar-refractivity contribution in [1.82, 2.24) is 0 Å². The summed E-state index contributed by atoms with van der Waals surface area (Å²) in [6.07, 6.45) is 1.70. The monoisotopic (exact) mass is 898 g/mol. The molecular weight excluding hydrogens is 845 g/mol. The van der Waals surface area contributed by atoms with E-state index in [9.17, 15) is 9.59 Å². The molecule has 0 aromatic heterocycles. The van der Waals surface area contributed by atoms with Crippen LogP contribution in [0.4, 0.5) is 11.4 Å². The Labute approximate surface area is 398 Å². The van der Waals surface area contributed by atoms with E-state index in [0.29, 0.717) is 63.5 Å². The lowest BCUT2D eigenvalue weighted by Crippen LogP contribution is -2.12. The number of carbonyl (C=O) groups is 2. The molecule has 0 unspecified atom stereocenters. The average Bonchev–Trinajstić information content (AvgIpc) is 3.34. The van der Waals surface area contributed by atoms with E-state index in [1.54, 1.807) is 0 Å². The quantitative estimate of drug-likeness (QED) is 0.113. The van der Waals surface area contributed by atoms with E-state index in [1.165, 1.54) is 13.8 Å². The molecule has 8 aromatic rings. The first kappa shape index (κ1) is 45.1. The summed E-state index contributed by atoms with van der Waals surface area (Å²) in [6, 6.07) is 61.2. The third-order valence-corrected chi connectivity index (χ3v) is 11.9. The molecule has 0 saturated carbocycles. The van der Waals surface area contributed by atoms with Gasteiger partial charge in [0.2, 0.25) is 11.8 Å². The van der Waals surface area contributed by atoms with Gasteiger partial charge in [0.25, 0.3) is 0 Å². The van der Waals surface area contributed by atoms with Gasteiger partial charge in [-0.15, -0.1) is 0 Å². The molecule has 8 nitrogen and oxygen atoms in total. The molecular formula is C60H54N2O6. The van der Waals surface area contributed by atoms with Crippen molar-refractivity contribution >= 4 is 23.2 Å². The molecule has 0 aliphatic heterocycles. The summed E-state index contributed by atoms with van der Waals surface area (Å²) in [4.78, 5) is 25.6. The lowest BCUT2D eigenvalue weighted by molar-refractivity contribution is -0.115. The SMILES string of the molecule is CC(=O)Nc1cc2c(OCc3ccccc3)c(c1)Cc1cccc(c1OCc1ccccc1)Cc1cc(NC(C)=O)cc(c1OCc1ccccc1)Cc1cccc(c1OCc1ccccc1)C2. The van der Waals surface area contributed by atoms with E-state index in [0.717, 1.165) is 89.8 Å². The van der Waals surface area contributed by atoms with Crippen LogP contribution in [0.5, 0.6) is 23.0 Å². The lowest BCUT2D eigenvalue weighted by atomic mass is 9.90. The van der Waals surface area contributed by atoms with E-state index >= 15 is 0 Å². The zero-order valence-corrected chi connectivity index (χ0v) is 38.4. The molecule has 2 amide bonds. The number of rotatable bonds is 14. The minimum atomic E-state index is -0.171. The van der Waals surface area contributed by atoms with Crippen LogP contribution in [0.2, 0.25) is 0 Å². The number of hydrogen-bond donors (Lipinski definition) is 2. The highest BCUT2D eigenvalue weighted by molar-refractivity contribution is 5.90. The Morgan fingerprint density at radius 1 is 0.338 bits per heavy atom. The second-order valence-corrected chi connectivity index (χ2v) is 17.2. The largest absolute Gasteiger partial charge is 0.488 e. The van der Waals surface area contributed by atoms with Crippen LogP contribution in [-0.2, 0) is 61.7 Å². The predicted molar refractivity (Wildman–Crippen MR) is 269 cm³/mol. The molecule has 9 rings (SSSR count). The summed E-state index contributed by atoms with van der Waals surface area (Å²) in [5.74, 6) is 2.61. The first-order valence-electron chi connectivity index (χ1n) is 23.1. The summed E-state index contributed by atoms with van der Waals surface area (Å²) in [6.45, 7) is 4.42. The molecule has 8 bridgehead atoms. The number of benzene rings is 8. The normalized spacial score (nSPS) is 11.8. The van der Waals surface area contributed by atoms with Gasteiger partial charge in [0.1, 0.15) is 49.4 Å². The van der Waals surface area contributed by atoms with Gasteiger partial charge in [-0.1, -0.05) is 158 Å². The molecule has 0 heterocycles. The number of anilines is 2. The highest BCUT2D eigenvalue weighted by Gasteiger charge is 2.24. The van der Waals surface area contributed by atoms with Gasteiger partial charge in [-0.05, 0) is 68.8 Å². The van der Waals surface area contributed by atoms with Crippen LogP contribution in [0.3, 0.4) is 0 Å². The van der Waals surface area contributed by atoms with Gasteiger partial charge < -0.3 is 29.6 Å². The first-order chi connectivity index (χ1) is 33.3. The topological polar surface area (TPSA) is 95.1 Å². The molecule has 0 spiro atoms. The Bertz CT molecular complexity index is 2710. The molecule has 0 radical (unpaired) electrons. The van der Waals surface area contributed by atoms with Crippen LogP contribution in [0, 0.1) is 0 Å². The second-order valence-electron chi connectivity index (χ2n) is 17.2. The highest BCUT2D eigenvalue weighted by Crippen LogP contribution is 2.42. The number of fused-ring (bicyclic) bond motifs is 8. The van der Waals surface area contributed by atoms with Crippen molar-refractivity contribution in [3.8, 4) is 23.0 Å². The number of para-hydroxylation sites is 2. The Morgan fingerprint density at radius 2 is 0.574 bits per heavy atom. The van der Waals surface area contributed by atoms with Gasteiger partial charge in [-0.25, -0.2) is 0 Å². The summed E-state index contributed by atoms with van der Waals surface area (Å²) < 4.78 is 27.8. The number of amides is 2. The minimum absolute atomic E-state index is 0.171. The van der Waals surface area contributed by atoms with Gasteiger partial charge in [0.15, 0.2) is 0 Å². The van der Waals surface area contributed by atoms with Crippen LogP contribution in [-0.4, -0.2) is 11.8 Å². The molecule has 1 aliphatic rings. The van der Waals surface area contributed by atoms with Crippen molar-refractivity contribution in [2.45, 2.75) is 66.0 Å². The minimum Gasteiger partial charge on any atom is -0.488 e. The van der Waals surface area contributed by atoms with E-state index in [1.807, 2.05) is 97.1 Å². The third-order valence-electron chi connectivity index (χ3n) is 11.9. The summed E-state index contributed by atoms with van der Waals surface area (Å²) in [5.41, 5.74) is 12.8. The molecule has 0 atom stereocenters. The van der Waals surface area contributed by atoms with Crippen molar-refractivity contribution < 1.29 is 28.5 Å². The van der Waals surface area contributed by atoms with Crippen molar-refractivity contribution in [2.75, 3.05) is 10.6 Å². The lowest BCUT2D eigenvalue weighted by Gasteiger charge is -2.24. The van der Waals surface area contributed by atoms with Crippen molar-refractivity contribution in [3.63, 3.8) is 0 Å². The Hall–Kier alpha value is -8.10. The van der Waals surface area contributed by atoms with Crippen LogP contribution < -0.4 is 29.6 Å². The molecule has 68 heavy (non-hydrogen) atoms. The van der Waals surface area contributed by atoms with E-state index < -0.39 is 0 Å². The van der Waals surface area contributed by atoms with Crippen LogP contribution >= 0.6 is 0 Å². The molecule has 0 saturated heterocycles. The Morgan fingerprint density at radius 3 is 0.809 bits per heavy atom. The van der Waals surface area contributed by atoms with Crippen molar-refractivity contribution in [3.05, 3.63) is 249 Å². The van der Waals surface area contributed by atoms with E-state index in [2.05, 4.69) is 95.6 Å². The zero-order chi connectivity index (χ0) is 46.7. The maximum atomic E-state index is 12.8. The maximum absolute atomic E-state index is 12.8. The molecule has 340 valence electrons. The number of ether oxygens (including phenoxy) is 4. The number of hydrogen-bond acceptors (Lipinski definition) is 6. The van der Waals surface area contributed by atoms with Crippen LogP contribution in [0.15, 0.2) is 182 Å². The number of carbonyl (C=O) groups excluding carboxylic acids is 2. The van der Waals surface area contributed by atoms with E-state index in [4.69, 9.17) is 18.9 Å². The molecule has 8 heteroatoms. The van der Waals surface area contributed by atoms with E-state index in [-0.39, 0.29) is 11.8 Å². The van der Waals surface area contributed by atoms with Crippen molar-refractivity contribution in [2.24, 2.45) is 0 Å². The average molecular weight is 899 g/mol. The predicted octanol–water partition coefficient (Wildman–Crippen LogP) is 12.6. The molecule has 0 fully saturated rings. The molecule has 8 aromatic carbocycles. The van der Waals surface area contributed by atoms with Crippen LogP contribution in [0.25, 0.3) is 0 Å². The van der Waals surface area contributed by atoms with Gasteiger partial charge in [0, 0.05) is 73.2 Å². The Balaban J connectivity index is 1.27. The summed E-state index contributed by atoms with van der Waals surface area (Å²) >= 11 is 0. The fourth-order valence-electron chi connectivity index (χ4n) is 8.90.